The lowest BCUT2D eigenvalue weighted by Gasteiger charge is -2.17. The number of amides is 2. The smallest absolute Gasteiger partial charge is 0.407 e. The van der Waals surface area contributed by atoms with E-state index in [2.05, 4.69) is 34.9 Å². The highest BCUT2D eigenvalue weighted by atomic mass is 16.5. The van der Waals surface area contributed by atoms with E-state index in [0.29, 0.717) is 6.42 Å². The van der Waals surface area contributed by atoms with Gasteiger partial charge in [-0.15, -0.1) is 0 Å². The minimum atomic E-state index is -0.993. The van der Waals surface area contributed by atoms with Gasteiger partial charge in [0, 0.05) is 30.5 Å². The lowest BCUT2D eigenvalue weighted by molar-refractivity contribution is -0.132. The van der Waals surface area contributed by atoms with Crippen molar-refractivity contribution in [1.29, 1.82) is 0 Å². The summed E-state index contributed by atoms with van der Waals surface area (Å²) in [4.78, 5) is 35.4. The third kappa shape index (κ3) is 5.47. The molecule has 2 aliphatic rings. The number of carboxylic acids is 1. The van der Waals surface area contributed by atoms with Gasteiger partial charge < -0.3 is 20.5 Å². The first kappa shape index (κ1) is 23.5. The van der Waals surface area contributed by atoms with Gasteiger partial charge in [0.1, 0.15) is 6.61 Å². The monoisotopic (exact) mass is 462 g/mol. The number of hydrogen-bond acceptors (Lipinski definition) is 4. The lowest BCUT2D eigenvalue weighted by atomic mass is 9.98. The zero-order valence-corrected chi connectivity index (χ0v) is 19.3. The van der Waals surface area contributed by atoms with Gasteiger partial charge in [0.15, 0.2) is 0 Å². The Morgan fingerprint density at radius 3 is 2.32 bits per heavy atom. The van der Waals surface area contributed by atoms with Crippen molar-refractivity contribution in [2.24, 2.45) is 5.92 Å². The van der Waals surface area contributed by atoms with Crippen LogP contribution in [0.4, 0.5) is 4.79 Å². The van der Waals surface area contributed by atoms with Crippen LogP contribution in [0.2, 0.25) is 0 Å². The number of aliphatic carboxylic acids is 1. The number of carbonyl (C=O) groups is 3. The van der Waals surface area contributed by atoms with Crippen molar-refractivity contribution in [3.8, 4) is 11.1 Å². The van der Waals surface area contributed by atoms with E-state index in [0.717, 1.165) is 19.3 Å². The van der Waals surface area contributed by atoms with Gasteiger partial charge in [-0.2, -0.15) is 0 Å². The van der Waals surface area contributed by atoms with Gasteiger partial charge in [0.25, 0.3) is 0 Å². The first-order chi connectivity index (χ1) is 16.4. The molecule has 4 rings (SSSR count). The van der Waals surface area contributed by atoms with Crippen molar-refractivity contribution in [1.82, 2.24) is 10.6 Å². The molecule has 7 nitrogen and oxygen atoms in total. The van der Waals surface area contributed by atoms with Gasteiger partial charge in [-0.3, -0.25) is 4.79 Å². The van der Waals surface area contributed by atoms with Gasteiger partial charge in [0.05, 0.1) is 0 Å². The van der Waals surface area contributed by atoms with Crippen molar-refractivity contribution in [3.05, 3.63) is 71.3 Å². The van der Waals surface area contributed by atoms with Gasteiger partial charge in [-0.05, 0) is 54.4 Å². The zero-order chi connectivity index (χ0) is 24.1. The molecule has 0 aliphatic heterocycles. The summed E-state index contributed by atoms with van der Waals surface area (Å²) in [5.41, 5.74) is 4.94. The molecule has 2 aromatic rings. The van der Waals surface area contributed by atoms with E-state index in [1.807, 2.05) is 24.3 Å². The SMILES string of the molecule is C/C(=C\CNC(=O)CC1CCC(NC(=O)OCC2c3ccccc3-c3ccccc32)C1)C(=O)O. The molecule has 2 amide bonds. The molecule has 0 heterocycles. The maximum atomic E-state index is 12.5. The van der Waals surface area contributed by atoms with Gasteiger partial charge >= 0.3 is 12.1 Å². The second kappa shape index (κ2) is 10.5. The molecule has 1 saturated carbocycles. The van der Waals surface area contributed by atoms with Gasteiger partial charge in [0.2, 0.25) is 5.91 Å². The van der Waals surface area contributed by atoms with Gasteiger partial charge in [-0.25, -0.2) is 9.59 Å². The number of rotatable bonds is 8. The van der Waals surface area contributed by atoms with Crippen LogP contribution in [-0.4, -0.2) is 42.3 Å². The van der Waals surface area contributed by atoms with E-state index in [9.17, 15) is 14.4 Å². The minimum absolute atomic E-state index is 0.0115. The highest BCUT2D eigenvalue weighted by Gasteiger charge is 2.31. The number of nitrogens with one attached hydrogen (secondary N) is 2. The van der Waals surface area contributed by atoms with E-state index in [1.165, 1.54) is 35.3 Å². The van der Waals surface area contributed by atoms with Crippen molar-refractivity contribution in [3.63, 3.8) is 0 Å². The maximum Gasteiger partial charge on any atom is 0.407 e. The summed E-state index contributed by atoms with van der Waals surface area (Å²) in [5.74, 6) is -0.895. The molecule has 1 fully saturated rings. The largest absolute Gasteiger partial charge is 0.478 e. The Morgan fingerprint density at radius 1 is 1.03 bits per heavy atom. The van der Waals surface area contributed by atoms with Crippen molar-refractivity contribution in [2.45, 2.75) is 44.6 Å². The van der Waals surface area contributed by atoms with E-state index in [1.54, 1.807) is 0 Å². The van der Waals surface area contributed by atoms with Crippen LogP contribution in [0.1, 0.15) is 49.7 Å². The Labute approximate surface area is 199 Å². The zero-order valence-electron chi connectivity index (χ0n) is 19.3. The van der Waals surface area contributed by atoms with Crippen LogP contribution in [0.15, 0.2) is 60.2 Å². The Bertz CT molecular complexity index is 1060. The third-order valence-electron chi connectivity index (χ3n) is 6.73. The molecule has 0 aromatic heterocycles. The van der Waals surface area contributed by atoms with Crippen LogP contribution in [-0.2, 0) is 14.3 Å². The summed E-state index contributed by atoms with van der Waals surface area (Å²) >= 11 is 0. The number of alkyl carbamates (subject to hydrolysis) is 1. The fraction of sp³-hybridized carbons (Fsp3) is 0.370. The Balaban J connectivity index is 1.22. The fourth-order valence-corrected chi connectivity index (χ4v) is 4.94. The molecule has 2 aliphatic carbocycles. The van der Waals surface area contributed by atoms with Crippen molar-refractivity contribution < 1.29 is 24.2 Å². The topological polar surface area (TPSA) is 105 Å². The Hall–Kier alpha value is -3.61. The Kier molecular flexibility index (Phi) is 7.30. The maximum absolute atomic E-state index is 12.5. The summed E-state index contributed by atoms with van der Waals surface area (Å²) in [6.07, 6.45) is 3.80. The van der Waals surface area contributed by atoms with E-state index in [-0.39, 0.29) is 42.5 Å². The molecule has 34 heavy (non-hydrogen) atoms. The first-order valence-corrected chi connectivity index (χ1v) is 11.7. The molecule has 0 bridgehead atoms. The van der Waals surface area contributed by atoms with Gasteiger partial charge in [-0.1, -0.05) is 54.6 Å². The second-order valence-corrected chi connectivity index (χ2v) is 9.05. The number of carbonyl (C=O) groups excluding carboxylic acids is 2. The van der Waals surface area contributed by atoms with Crippen LogP contribution in [0.5, 0.6) is 0 Å². The average Bonchev–Trinajstić information content (AvgIpc) is 3.39. The highest BCUT2D eigenvalue weighted by molar-refractivity contribution is 5.86. The standard InChI is InChI=1S/C27H30N2O5/c1-17(26(31)32)12-13-28-25(30)15-18-10-11-19(14-18)29-27(33)34-16-24-22-8-4-2-6-20(22)21-7-3-5-9-23(21)24/h2-9,12,18-19,24H,10-11,13-16H2,1H3,(H,28,30)(H,29,33)(H,31,32)/b17-12+. The molecule has 7 heteroatoms. The van der Waals surface area contributed by atoms with Crippen LogP contribution in [0, 0.1) is 5.92 Å². The predicted molar refractivity (Wildman–Crippen MR) is 128 cm³/mol. The van der Waals surface area contributed by atoms with E-state index >= 15 is 0 Å². The van der Waals surface area contributed by atoms with Crippen LogP contribution in [0.3, 0.4) is 0 Å². The highest BCUT2D eigenvalue weighted by Crippen LogP contribution is 2.44. The Morgan fingerprint density at radius 2 is 1.68 bits per heavy atom. The van der Waals surface area contributed by atoms with Crippen LogP contribution < -0.4 is 10.6 Å². The predicted octanol–water partition coefficient (Wildman–Crippen LogP) is 4.23. The molecular weight excluding hydrogens is 432 g/mol. The lowest BCUT2D eigenvalue weighted by Crippen LogP contribution is -2.34. The molecule has 0 radical (unpaired) electrons. The number of hydrogen-bond donors (Lipinski definition) is 3. The summed E-state index contributed by atoms with van der Waals surface area (Å²) in [6, 6.07) is 16.4. The molecule has 3 N–H and O–H groups in total. The summed E-state index contributed by atoms with van der Waals surface area (Å²) < 4.78 is 5.63. The summed E-state index contributed by atoms with van der Waals surface area (Å²) in [6.45, 7) is 1.97. The molecular formula is C27H30N2O5. The third-order valence-corrected chi connectivity index (χ3v) is 6.73. The second-order valence-electron chi connectivity index (χ2n) is 9.05. The average molecular weight is 463 g/mol. The fourth-order valence-electron chi connectivity index (χ4n) is 4.94. The summed E-state index contributed by atoms with van der Waals surface area (Å²) in [7, 11) is 0. The number of fused-ring (bicyclic) bond motifs is 3. The normalized spacial score (nSPS) is 19.3. The summed E-state index contributed by atoms with van der Waals surface area (Å²) in [5, 5.41) is 14.5. The number of benzene rings is 2. The van der Waals surface area contributed by atoms with Crippen molar-refractivity contribution in [2.75, 3.05) is 13.2 Å². The molecule has 2 unspecified atom stereocenters. The molecule has 2 atom stereocenters. The van der Waals surface area contributed by atoms with E-state index < -0.39 is 12.1 Å². The molecule has 0 spiro atoms. The first-order valence-electron chi connectivity index (χ1n) is 11.7. The molecule has 2 aromatic carbocycles. The molecule has 178 valence electrons. The van der Waals surface area contributed by atoms with E-state index in [4.69, 9.17) is 9.84 Å². The molecule has 0 saturated heterocycles. The quantitative estimate of drug-likeness (QED) is 0.509. The number of ether oxygens (including phenoxy) is 1. The van der Waals surface area contributed by atoms with Crippen LogP contribution in [0.25, 0.3) is 11.1 Å². The van der Waals surface area contributed by atoms with Crippen molar-refractivity contribution >= 4 is 18.0 Å². The number of carboxylic acid groups (broad SMARTS) is 1. The van der Waals surface area contributed by atoms with Crippen LogP contribution >= 0.6 is 0 Å². The minimum Gasteiger partial charge on any atom is -0.478 e.